The van der Waals surface area contributed by atoms with Crippen molar-refractivity contribution in [1.29, 1.82) is 0 Å². The molecule has 1 aromatic heterocycles. The monoisotopic (exact) mass is 242 g/mol. The smallest absolute Gasteiger partial charge is 0.402 e. The van der Waals surface area contributed by atoms with E-state index in [9.17, 15) is 22.0 Å². The van der Waals surface area contributed by atoms with Crippen LogP contribution in [0, 0.1) is 6.92 Å². The summed E-state index contributed by atoms with van der Waals surface area (Å²) in [4.78, 5) is 3.16. The molecule has 90 valence electrons. The number of aryl methyl sites for hydroxylation is 1. The summed E-state index contributed by atoms with van der Waals surface area (Å²) >= 11 is 0. The first kappa shape index (κ1) is 12.5. The van der Waals surface area contributed by atoms with Crippen LogP contribution < -0.4 is 10.5 Å². The van der Waals surface area contributed by atoms with E-state index in [0.29, 0.717) is 0 Å². The fourth-order valence-corrected chi connectivity index (χ4v) is 1.04. The van der Waals surface area contributed by atoms with Crippen molar-refractivity contribution in [2.24, 2.45) is 0 Å². The van der Waals surface area contributed by atoms with E-state index >= 15 is 0 Å². The molecule has 1 rings (SSSR count). The SMILES string of the molecule is Cc1cc(OC(F)(F)F)c(N)nc1C(F)F. The van der Waals surface area contributed by atoms with E-state index < -0.39 is 30.0 Å². The molecule has 8 heteroatoms. The van der Waals surface area contributed by atoms with Gasteiger partial charge in [0.05, 0.1) is 0 Å². The van der Waals surface area contributed by atoms with Gasteiger partial charge in [-0.2, -0.15) is 0 Å². The van der Waals surface area contributed by atoms with Gasteiger partial charge in [0.1, 0.15) is 5.69 Å². The van der Waals surface area contributed by atoms with Gasteiger partial charge in [0.25, 0.3) is 6.43 Å². The molecule has 0 aliphatic rings. The molecule has 0 saturated carbocycles. The molecule has 0 unspecified atom stereocenters. The molecule has 0 aliphatic carbocycles. The molecule has 1 aromatic rings. The first-order valence-corrected chi connectivity index (χ1v) is 4.01. The molecule has 0 amide bonds. The van der Waals surface area contributed by atoms with Crippen LogP contribution in [-0.4, -0.2) is 11.3 Å². The maximum Gasteiger partial charge on any atom is 0.573 e. The van der Waals surface area contributed by atoms with Crippen LogP contribution in [0.3, 0.4) is 0 Å². The minimum absolute atomic E-state index is 0.122. The second kappa shape index (κ2) is 4.11. The summed E-state index contributed by atoms with van der Waals surface area (Å²) in [5.74, 6) is -1.51. The standard InChI is InChI=1S/C8H7F5N2O/c1-3-2-4(16-8(11,12)13)7(14)15-5(3)6(9)10/h2,6H,1H3,(H2,14,15). The number of hydrogen-bond donors (Lipinski definition) is 1. The van der Waals surface area contributed by atoms with Gasteiger partial charge in [0, 0.05) is 0 Å². The van der Waals surface area contributed by atoms with Gasteiger partial charge in [-0.25, -0.2) is 13.8 Å². The average molecular weight is 242 g/mol. The maximum absolute atomic E-state index is 12.3. The van der Waals surface area contributed by atoms with Gasteiger partial charge in [0.2, 0.25) is 0 Å². The molecule has 0 aliphatic heterocycles. The van der Waals surface area contributed by atoms with E-state index in [2.05, 4.69) is 9.72 Å². The van der Waals surface area contributed by atoms with E-state index in [1.807, 2.05) is 0 Å². The van der Waals surface area contributed by atoms with Crippen LogP contribution in [0.15, 0.2) is 6.07 Å². The van der Waals surface area contributed by atoms with E-state index in [-0.39, 0.29) is 5.56 Å². The molecule has 0 aromatic carbocycles. The Kier molecular flexibility index (Phi) is 3.20. The van der Waals surface area contributed by atoms with E-state index in [1.165, 1.54) is 6.92 Å². The second-order valence-corrected chi connectivity index (χ2v) is 2.92. The number of anilines is 1. The zero-order chi connectivity index (χ0) is 12.5. The topological polar surface area (TPSA) is 48.1 Å². The lowest BCUT2D eigenvalue weighted by molar-refractivity contribution is -0.274. The summed E-state index contributed by atoms with van der Waals surface area (Å²) in [7, 11) is 0. The van der Waals surface area contributed by atoms with Crippen molar-refractivity contribution < 1.29 is 26.7 Å². The highest BCUT2D eigenvalue weighted by atomic mass is 19.4. The van der Waals surface area contributed by atoms with Gasteiger partial charge in [-0.05, 0) is 18.6 Å². The summed E-state index contributed by atoms with van der Waals surface area (Å²) in [6.45, 7) is 1.19. The predicted octanol–water partition coefficient (Wildman–Crippen LogP) is 2.81. The highest BCUT2D eigenvalue weighted by Crippen LogP contribution is 2.31. The number of nitrogens with two attached hydrogens (primary N) is 1. The number of nitrogens with zero attached hydrogens (tertiary/aromatic N) is 1. The Balaban J connectivity index is 3.11. The molecule has 3 nitrogen and oxygen atoms in total. The van der Waals surface area contributed by atoms with Gasteiger partial charge in [0.15, 0.2) is 11.6 Å². The van der Waals surface area contributed by atoms with E-state index in [4.69, 9.17) is 5.73 Å². The van der Waals surface area contributed by atoms with Gasteiger partial charge < -0.3 is 10.5 Å². The number of ether oxygens (including phenoxy) is 1. The van der Waals surface area contributed by atoms with Crippen LogP contribution in [0.25, 0.3) is 0 Å². The van der Waals surface area contributed by atoms with Crippen molar-refractivity contribution in [3.63, 3.8) is 0 Å². The van der Waals surface area contributed by atoms with Crippen LogP contribution >= 0.6 is 0 Å². The molecule has 16 heavy (non-hydrogen) atoms. The summed E-state index contributed by atoms with van der Waals surface area (Å²) in [6, 6.07) is 0.775. The minimum Gasteiger partial charge on any atom is -0.402 e. The molecule has 0 radical (unpaired) electrons. The molecule has 0 fully saturated rings. The molecule has 0 atom stereocenters. The molecular weight excluding hydrogens is 235 g/mol. The number of nitrogen functional groups attached to an aromatic ring is 1. The number of alkyl halides is 5. The number of aromatic nitrogens is 1. The Morgan fingerprint density at radius 2 is 1.94 bits per heavy atom. The van der Waals surface area contributed by atoms with Gasteiger partial charge >= 0.3 is 6.36 Å². The Bertz CT molecular complexity index is 391. The lowest BCUT2D eigenvalue weighted by atomic mass is 10.2. The highest BCUT2D eigenvalue weighted by molar-refractivity contribution is 5.49. The van der Waals surface area contributed by atoms with Crippen LogP contribution in [0.1, 0.15) is 17.7 Å². The Morgan fingerprint density at radius 3 is 2.38 bits per heavy atom. The Labute approximate surface area is 87.0 Å². The lowest BCUT2D eigenvalue weighted by Gasteiger charge is -2.12. The number of hydrogen-bond acceptors (Lipinski definition) is 3. The third-order valence-corrected chi connectivity index (χ3v) is 1.68. The van der Waals surface area contributed by atoms with E-state index in [1.54, 1.807) is 0 Å². The Morgan fingerprint density at radius 1 is 1.38 bits per heavy atom. The molecule has 0 bridgehead atoms. The van der Waals surface area contributed by atoms with Crippen LogP contribution in [-0.2, 0) is 0 Å². The fraction of sp³-hybridized carbons (Fsp3) is 0.375. The quantitative estimate of drug-likeness (QED) is 0.811. The third kappa shape index (κ3) is 2.94. The number of halogens is 5. The average Bonchev–Trinajstić information content (AvgIpc) is 2.07. The van der Waals surface area contributed by atoms with Crippen molar-refractivity contribution in [2.75, 3.05) is 5.73 Å². The maximum atomic E-state index is 12.3. The van der Waals surface area contributed by atoms with Gasteiger partial charge in [-0.3, -0.25) is 0 Å². The zero-order valence-corrected chi connectivity index (χ0v) is 7.98. The molecule has 0 saturated heterocycles. The first-order valence-electron chi connectivity index (χ1n) is 4.01. The van der Waals surface area contributed by atoms with Gasteiger partial charge in [-0.15, -0.1) is 13.2 Å². The minimum atomic E-state index is -4.94. The van der Waals surface area contributed by atoms with Crippen molar-refractivity contribution in [1.82, 2.24) is 4.98 Å². The summed E-state index contributed by atoms with van der Waals surface area (Å²) in [6.07, 6.45) is -7.84. The van der Waals surface area contributed by atoms with Gasteiger partial charge in [-0.1, -0.05) is 0 Å². The zero-order valence-electron chi connectivity index (χ0n) is 7.98. The molecule has 0 spiro atoms. The summed E-state index contributed by atoms with van der Waals surface area (Å²) < 4.78 is 63.7. The van der Waals surface area contributed by atoms with Crippen LogP contribution in [0.5, 0.6) is 5.75 Å². The van der Waals surface area contributed by atoms with Crippen LogP contribution in [0.4, 0.5) is 27.8 Å². The molecule has 1 heterocycles. The highest BCUT2D eigenvalue weighted by Gasteiger charge is 2.32. The van der Waals surface area contributed by atoms with Crippen molar-refractivity contribution >= 4 is 5.82 Å². The van der Waals surface area contributed by atoms with Crippen molar-refractivity contribution in [3.05, 3.63) is 17.3 Å². The number of pyridine rings is 1. The normalized spacial score (nSPS) is 11.9. The summed E-state index contributed by atoms with van der Waals surface area (Å²) in [5.41, 5.74) is 4.28. The fourth-order valence-electron chi connectivity index (χ4n) is 1.04. The molecule has 2 N–H and O–H groups in total. The first-order chi connectivity index (χ1) is 7.20. The van der Waals surface area contributed by atoms with E-state index in [0.717, 1.165) is 6.07 Å². The lowest BCUT2D eigenvalue weighted by Crippen LogP contribution is -2.19. The van der Waals surface area contributed by atoms with Crippen molar-refractivity contribution in [3.8, 4) is 5.75 Å². The predicted molar refractivity (Wildman–Crippen MR) is 45.0 cm³/mol. The van der Waals surface area contributed by atoms with Crippen molar-refractivity contribution in [2.45, 2.75) is 19.7 Å². The second-order valence-electron chi connectivity index (χ2n) is 2.92. The number of rotatable bonds is 2. The third-order valence-electron chi connectivity index (χ3n) is 1.68. The largest absolute Gasteiger partial charge is 0.573 e. The summed E-state index contributed by atoms with van der Waals surface area (Å²) in [5, 5.41) is 0. The van der Waals surface area contributed by atoms with Crippen LogP contribution in [0.2, 0.25) is 0 Å². The molecular formula is C8H7F5N2O. The Hall–Kier alpha value is -1.60.